The molecule has 1 atom stereocenters. The van der Waals surface area contributed by atoms with Crippen LogP contribution in [0.25, 0.3) is 0 Å². The first-order valence-corrected chi connectivity index (χ1v) is 6.79. The molecule has 0 fully saturated rings. The van der Waals surface area contributed by atoms with Crippen molar-refractivity contribution in [3.05, 3.63) is 50.4 Å². The van der Waals surface area contributed by atoms with E-state index in [2.05, 4.69) is 10.3 Å². The lowest BCUT2D eigenvalue weighted by atomic mass is 10.0. The van der Waals surface area contributed by atoms with Crippen molar-refractivity contribution in [2.75, 3.05) is 7.05 Å². The molecule has 2 nitrogen and oxygen atoms in total. The molecule has 0 amide bonds. The summed E-state index contributed by atoms with van der Waals surface area (Å²) in [7, 11) is 1.92. The summed E-state index contributed by atoms with van der Waals surface area (Å²) in [6.07, 6.45) is 4.46. The Hall–Kier alpha value is -0.610. The van der Waals surface area contributed by atoms with E-state index in [0.717, 1.165) is 20.7 Å². The average molecular weight is 287 g/mol. The first kappa shape index (κ1) is 12.8. The van der Waals surface area contributed by atoms with Gasteiger partial charge in [0.25, 0.3) is 0 Å². The number of thiophene rings is 1. The van der Waals surface area contributed by atoms with Crippen LogP contribution in [-0.4, -0.2) is 12.0 Å². The molecule has 0 saturated carbocycles. The van der Waals surface area contributed by atoms with Crippen molar-refractivity contribution in [2.24, 2.45) is 0 Å². The van der Waals surface area contributed by atoms with Crippen molar-refractivity contribution >= 4 is 34.5 Å². The Bertz CT molecular complexity index is 485. The Morgan fingerprint density at radius 3 is 2.59 bits per heavy atom. The van der Waals surface area contributed by atoms with Gasteiger partial charge in [-0.2, -0.15) is 0 Å². The molecule has 0 radical (unpaired) electrons. The first-order chi connectivity index (χ1) is 8.20. The van der Waals surface area contributed by atoms with Crippen LogP contribution in [-0.2, 0) is 6.42 Å². The summed E-state index contributed by atoms with van der Waals surface area (Å²) in [6.45, 7) is 0. The quantitative estimate of drug-likeness (QED) is 0.921. The third kappa shape index (κ3) is 3.19. The van der Waals surface area contributed by atoms with E-state index in [1.807, 2.05) is 25.2 Å². The lowest BCUT2D eigenvalue weighted by Gasteiger charge is -2.15. The van der Waals surface area contributed by atoms with Gasteiger partial charge in [-0.1, -0.05) is 23.2 Å². The molecular formula is C12H12Cl2N2S. The summed E-state index contributed by atoms with van der Waals surface area (Å²) >= 11 is 13.5. The third-order valence-corrected chi connectivity index (χ3v) is 4.11. The molecule has 2 heterocycles. The Morgan fingerprint density at radius 2 is 2.06 bits per heavy atom. The highest BCUT2D eigenvalue weighted by Crippen LogP contribution is 2.35. The van der Waals surface area contributed by atoms with Crippen molar-refractivity contribution in [3.8, 4) is 0 Å². The minimum atomic E-state index is 0.175. The minimum Gasteiger partial charge on any atom is -0.313 e. The Balaban J connectivity index is 2.20. The van der Waals surface area contributed by atoms with Gasteiger partial charge in [-0.25, -0.2) is 0 Å². The molecule has 0 bridgehead atoms. The molecule has 90 valence electrons. The van der Waals surface area contributed by atoms with Gasteiger partial charge in [-0.3, -0.25) is 4.98 Å². The molecule has 0 spiro atoms. The largest absolute Gasteiger partial charge is 0.313 e. The summed E-state index contributed by atoms with van der Waals surface area (Å²) in [4.78, 5) is 4.01. The normalized spacial score (nSPS) is 12.6. The molecule has 1 unspecified atom stereocenters. The maximum absolute atomic E-state index is 6.17. The highest BCUT2D eigenvalue weighted by Gasteiger charge is 2.16. The molecule has 0 saturated heterocycles. The maximum Gasteiger partial charge on any atom is 0.0992 e. The average Bonchev–Trinajstić information content (AvgIpc) is 2.67. The van der Waals surface area contributed by atoms with E-state index in [9.17, 15) is 0 Å². The summed E-state index contributed by atoms with van der Waals surface area (Å²) in [6, 6.07) is 6.11. The van der Waals surface area contributed by atoms with E-state index in [1.54, 1.807) is 12.4 Å². The van der Waals surface area contributed by atoms with Crippen LogP contribution in [0.2, 0.25) is 8.67 Å². The van der Waals surface area contributed by atoms with E-state index < -0.39 is 0 Å². The van der Waals surface area contributed by atoms with E-state index in [-0.39, 0.29) is 6.04 Å². The van der Waals surface area contributed by atoms with Gasteiger partial charge in [0, 0.05) is 24.0 Å². The lowest BCUT2D eigenvalue weighted by Crippen LogP contribution is -2.18. The zero-order chi connectivity index (χ0) is 12.3. The molecule has 0 aliphatic rings. The monoisotopic (exact) mass is 286 g/mol. The Labute approximate surface area is 115 Å². The van der Waals surface area contributed by atoms with Gasteiger partial charge in [0.2, 0.25) is 0 Å². The van der Waals surface area contributed by atoms with Crippen LogP contribution in [0.5, 0.6) is 0 Å². The van der Waals surface area contributed by atoms with Crippen LogP contribution in [0.15, 0.2) is 30.6 Å². The lowest BCUT2D eigenvalue weighted by molar-refractivity contribution is 0.594. The van der Waals surface area contributed by atoms with Crippen molar-refractivity contribution < 1.29 is 0 Å². The fourth-order valence-electron chi connectivity index (χ4n) is 1.71. The van der Waals surface area contributed by atoms with Gasteiger partial charge in [0.05, 0.1) is 8.67 Å². The van der Waals surface area contributed by atoms with E-state index in [4.69, 9.17) is 23.2 Å². The van der Waals surface area contributed by atoms with E-state index >= 15 is 0 Å². The topological polar surface area (TPSA) is 24.9 Å². The summed E-state index contributed by atoms with van der Waals surface area (Å²) < 4.78 is 1.48. The van der Waals surface area contributed by atoms with Crippen LogP contribution in [0, 0.1) is 0 Å². The molecular weight excluding hydrogens is 275 g/mol. The molecule has 17 heavy (non-hydrogen) atoms. The Morgan fingerprint density at radius 1 is 1.35 bits per heavy atom. The molecule has 5 heteroatoms. The standard InChI is InChI=1S/C12H12Cl2N2S/c1-15-10(6-8-2-4-16-5-3-8)9-7-11(13)17-12(9)14/h2-5,7,10,15H,6H2,1H3. The summed E-state index contributed by atoms with van der Waals surface area (Å²) in [5, 5.41) is 3.26. The highest BCUT2D eigenvalue weighted by atomic mass is 35.5. The Kier molecular flexibility index (Phi) is 4.40. The van der Waals surface area contributed by atoms with Gasteiger partial charge >= 0.3 is 0 Å². The van der Waals surface area contributed by atoms with Crippen LogP contribution in [0.3, 0.4) is 0 Å². The molecule has 0 aliphatic heterocycles. The number of halogens is 2. The first-order valence-electron chi connectivity index (χ1n) is 5.21. The fourth-order valence-corrected chi connectivity index (χ4v) is 3.29. The highest BCUT2D eigenvalue weighted by molar-refractivity contribution is 7.20. The van der Waals surface area contributed by atoms with Crippen molar-refractivity contribution in [1.82, 2.24) is 10.3 Å². The molecule has 0 aliphatic carbocycles. The predicted molar refractivity (Wildman–Crippen MR) is 74.1 cm³/mol. The number of nitrogens with zero attached hydrogens (tertiary/aromatic N) is 1. The SMILES string of the molecule is CNC(Cc1ccncc1)c1cc(Cl)sc1Cl. The zero-order valence-electron chi connectivity index (χ0n) is 9.28. The van der Waals surface area contributed by atoms with Gasteiger partial charge < -0.3 is 5.32 Å². The van der Waals surface area contributed by atoms with Gasteiger partial charge in [0.1, 0.15) is 0 Å². The maximum atomic E-state index is 6.17. The second-order valence-electron chi connectivity index (χ2n) is 3.68. The number of nitrogens with one attached hydrogen (secondary N) is 1. The summed E-state index contributed by atoms with van der Waals surface area (Å²) in [5.41, 5.74) is 2.28. The molecule has 2 aromatic heterocycles. The van der Waals surface area contributed by atoms with E-state index in [0.29, 0.717) is 0 Å². The zero-order valence-corrected chi connectivity index (χ0v) is 11.6. The third-order valence-electron chi connectivity index (χ3n) is 2.60. The van der Waals surface area contributed by atoms with Crippen LogP contribution >= 0.6 is 34.5 Å². The second kappa shape index (κ2) is 5.83. The van der Waals surface area contributed by atoms with Gasteiger partial charge in [0.15, 0.2) is 0 Å². The van der Waals surface area contributed by atoms with Crippen LogP contribution in [0.1, 0.15) is 17.2 Å². The minimum absolute atomic E-state index is 0.175. The van der Waals surface area contributed by atoms with Crippen LogP contribution in [0.4, 0.5) is 0 Å². The smallest absolute Gasteiger partial charge is 0.0992 e. The van der Waals surface area contributed by atoms with Crippen molar-refractivity contribution in [2.45, 2.75) is 12.5 Å². The molecule has 2 aromatic rings. The second-order valence-corrected chi connectivity index (χ2v) is 5.97. The number of likely N-dealkylation sites (N-methyl/N-ethyl adjacent to an activating group) is 1. The fraction of sp³-hybridized carbons (Fsp3) is 0.250. The van der Waals surface area contributed by atoms with E-state index in [1.165, 1.54) is 16.9 Å². The van der Waals surface area contributed by atoms with Gasteiger partial charge in [-0.15, -0.1) is 11.3 Å². The number of hydrogen-bond acceptors (Lipinski definition) is 3. The summed E-state index contributed by atoms with van der Waals surface area (Å²) in [5.74, 6) is 0. The number of aromatic nitrogens is 1. The number of rotatable bonds is 4. The number of hydrogen-bond donors (Lipinski definition) is 1. The molecule has 0 aromatic carbocycles. The van der Waals surface area contributed by atoms with Gasteiger partial charge in [-0.05, 0) is 37.2 Å². The molecule has 1 N–H and O–H groups in total. The predicted octanol–water partition coefficient (Wildman–Crippen LogP) is 3.95. The van der Waals surface area contributed by atoms with Crippen molar-refractivity contribution in [3.63, 3.8) is 0 Å². The van der Waals surface area contributed by atoms with Crippen LogP contribution < -0.4 is 5.32 Å². The van der Waals surface area contributed by atoms with Crippen molar-refractivity contribution in [1.29, 1.82) is 0 Å². The number of pyridine rings is 1. The molecule has 2 rings (SSSR count).